The van der Waals surface area contributed by atoms with Crippen LogP contribution in [0.2, 0.25) is 0 Å². The average molecular weight is 645 g/mol. The Hall–Kier alpha value is -1.81. The first-order valence-corrected chi connectivity index (χ1v) is 11.3. The fourth-order valence-electron chi connectivity index (χ4n) is 3.09. The first kappa shape index (κ1) is 48.1. The third-order valence-corrected chi connectivity index (χ3v) is 5.10. The molecule has 3 unspecified atom stereocenters. The van der Waals surface area contributed by atoms with Crippen LogP contribution in [-0.4, -0.2) is 97.7 Å². The third-order valence-electron chi connectivity index (χ3n) is 5.10. The second-order valence-corrected chi connectivity index (χ2v) is 8.41. The fourth-order valence-corrected chi connectivity index (χ4v) is 3.09. The molecule has 0 aliphatic rings. The van der Waals surface area contributed by atoms with Gasteiger partial charge in [0.15, 0.2) is 5.60 Å². The standard InChI is InChI=1S/C21H29N3O16.3Na/c25-12(22-9(17(33)34)1-4-14(27)28)7-21(40,20(39)24-11(19(37)38)3-6-16(31)32)8-13(26)23-10(18(35)36)2-5-15(29)30;;;/h9-11,40H,1-8H2,(H,22,25)(H,23,26)(H,24,39)(H,27,28)(H,29,30)(H,31,32)(H,33,34)(H,35,36)(H,37,38);;;/q;3*+1/p-3. The molecule has 0 fully saturated rings. The van der Waals surface area contributed by atoms with Crippen LogP contribution in [0.5, 0.6) is 0 Å². The van der Waals surface area contributed by atoms with Crippen LogP contribution in [0.15, 0.2) is 0 Å². The van der Waals surface area contributed by atoms with Crippen molar-refractivity contribution in [1.82, 2.24) is 16.0 Å². The molecule has 224 valence electrons. The number of hydrogen-bond acceptors (Lipinski definition) is 13. The molecule has 0 aromatic rings. The Balaban J connectivity index is -0.00000253. The van der Waals surface area contributed by atoms with Gasteiger partial charge in [-0.1, -0.05) is 0 Å². The second-order valence-electron chi connectivity index (χ2n) is 8.41. The van der Waals surface area contributed by atoms with Gasteiger partial charge in [-0.25, -0.2) is 0 Å². The minimum atomic E-state index is -3.24. The Morgan fingerprint density at radius 1 is 0.535 bits per heavy atom. The van der Waals surface area contributed by atoms with Crippen molar-refractivity contribution in [2.45, 2.75) is 75.1 Å². The summed E-state index contributed by atoms with van der Waals surface area (Å²) in [6.45, 7) is 0. The molecule has 0 saturated heterocycles. The third kappa shape index (κ3) is 20.7. The van der Waals surface area contributed by atoms with E-state index in [1.807, 2.05) is 0 Å². The minimum absolute atomic E-state index is 0. The number of nitrogens with one attached hydrogen (secondary N) is 3. The van der Waals surface area contributed by atoms with E-state index in [1.165, 1.54) is 0 Å². The summed E-state index contributed by atoms with van der Waals surface area (Å²) in [6, 6.07) is -5.97. The predicted octanol–water partition coefficient (Wildman–Crippen LogP) is -16.2. The topological polar surface area (TPSA) is 340 Å². The van der Waals surface area contributed by atoms with Crippen LogP contribution >= 0.6 is 0 Å². The molecule has 22 heteroatoms. The molecule has 7 N–H and O–H groups in total. The molecule has 0 radical (unpaired) electrons. The van der Waals surface area contributed by atoms with Gasteiger partial charge >= 0.3 is 107 Å². The number of hydrogen-bond donors (Lipinski definition) is 7. The smallest absolute Gasteiger partial charge is 0.548 e. The molecule has 0 spiro atoms. The maximum Gasteiger partial charge on any atom is 1.00 e. The van der Waals surface area contributed by atoms with E-state index in [-0.39, 0.29) is 88.7 Å². The van der Waals surface area contributed by atoms with Crippen molar-refractivity contribution >= 4 is 53.5 Å². The molecule has 0 rings (SSSR count). The zero-order chi connectivity index (χ0) is 31.2. The summed E-state index contributed by atoms with van der Waals surface area (Å²) in [5.41, 5.74) is -3.24. The van der Waals surface area contributed by atoms with E-state index < -0.39 is 129 Å². The Kier molecular flexibility index (Phi) is 26.4. The molecule has 0 aromatic carbocycles. The maximum absolute atomic E-state index is 12.8. The van der Waals surface area contributed by atoms with E-state index in [4.69, 9.17) is 15.3 Å². The molecule has 0 aromatic heterocycles. The Labute approximate surface area is 309 Å². The van der Waals surface area contributed by atoms with E-state index in [2.05, 4.69) is 0 Å². The van der Waals surface area contributed by atoms with Gasteiger partial charge in [-0.3, -0.25) is 28.8 Å². The molecule has 3 amide bonds. The Morgan fingerprint density at radius 3 is 1.02 bits per heavy atom. The zero-order valence-electron chi connectivity index (χ0n) is 23.6. The van der Waals surface area contributed by atoms with E-state index >= 15 is 0 Å². The molecule has 43 heavy (non-hydrogen) atoms. The fraction of sp³-hybridized carbons (Fsp3) is 0.571. The van der Waals surface area contributed by atoms with Gasteiger partial charge in [0.2, 0.25) is 11.8 Å². The number of rotatable bonds is 20. The normalized spacial score (nSPS) is 13.3. The number of carbonyl (C=O) groups is 9. The molecule has 0 bridgehead atoms. The minimum Gasteiger partial charge on any atom is -0.548 e. The maximum atomic E-state index is 12.8. The largest absolute Gasteiger partial charge is 1.00 e. The van der Waals surface area contributed by atoms with Crippen molar-refractivity contribution < 1.29 is 168 Å². The Bertz CT molecular complexity index is 989. The average Bonchev–Trinajstić information content (AvgIpc) is 2.80. The SMILES string of the molecule is O=C(O)CCC(NC(=O)CC(O)(CC(=O)NC(CCC(=O)O)C(=O)[O-])C(=O)NC(CCC(=O)O)C(=O)[O-])C(=O)[O-].[Na+].[Na+].[Na+]. The molecule has 3 atom stereocenters. The summed E-state index contributed by atoms with van der Waals surface area (Å²) in [6.07, 6.45) is -7.47. The van der Waals surface area contributed by atoms with Gasteiger partial charge in [-0.05, 0) is 19.3 Å². The van der Waals surface area contributed by atoms with Crippen LogP contribution in [0, 0.1) is 0 Å². The molecule has 19 nitrogen and oxygen atoms in total. The number of carboxylic acids is 6. The number of amides is 3. The van der Waals surface area contributed by atoms with E-state index in [0.717, 1.165) is 0 Å². The summed E-state index contributed by atoms with van der Waals surface area (Å²) < 4.78 is 0. The second kappa shape index (κ2) is 23.6. The van der Waals surface area contributed by atoms with Crippen LogP contribution < -0.4 is 120 Å². The van der Waals surface area contributed by atoms with Crippen LogP contribution in [0.3, 0.4) is 0 Å². The van der Waals surface area contributed by atoms with Crippen LogP contribution in [0.25, 0.3) is 0 Å². The number of aliphatic carboxylic acids is 6. The molecular formula is C21H26N3Na3O16. The van der Waals surface area contributed by atoms with E-state index in [9.17, 15) is 63.6 Å². The number of carboxylic acid groups (broad SMARTS) is 6. The molecular weight excluding hydrogens is 619 g/mol. The number of carbonyl (C=O) groups excluding carboxylic acids is 6. The van der Waals surface area contributed by atoms with Gasteiger partial charge in [0, 0.05) is 19.3 Å². The summed E-state index contributed by atoms with van der Waals surface area (Å²) in [4.78, 5) is 104. The van der Waals surface area contributed by atoms with Crippen LogP contribution in [0.4, 0.5) is 0 Å². The van der Waals surface area contributed by atoms with Crippen molar-refractivity contribution in [2.75, 3.05) is 0 Å². The van der Waals surface area contributed by atoms with Crippen molar-refractivity contribution in [3.05, 3.63) is 0 Å². The predicted molar refractivity (Wildman–Crippen MR) is 116 cm³/mol. The molecule has 0 aliphatic carbocycles. The van der Waals surface area contributed by atoms with Crippen molar-refractivity contribution in [3.63, 3.8) is 0 Å². The van der Waals surface area contributed by atoms with E-state index in [1.54, 1.807) is 16.0 Å². The zero-order valence-corrected chi connectivity index (χ0v) is 29.6. The quantitative estimate of drug-likeness (QED) is 0.0604. The summed E-state index contributed by atoms with van der Waals surface area (Å²) in [5.74, 6) is -15.1. The van der Waals surface area contributed by atoms with Gasteiger partial charge in [0.05, 0.1) is 48.9 Å². The van der Waals surface area contributed by atoms with Crippen LogP contribution in [-0.2, 0) is 43.2 Å². The van der Waals surface area contributed by atoms with Gasteiger partial charge < -0.3 is 66.1 Å². The number of aliphatic hydroxyl groups is 1. The molecule has 0 saturated carbocycles. The van der Waals surface area contributed by atoms with Gasteiger partial charge in [0.25, 0.3) is 5.91 Å². The van der Waals surface area contributed by atoms with Crippen molar-refractivity contribution in [1.29, 1.82) is 0 Å². The van der Waals surface area contributed by atoms with Crippen molar-refractivity contribution in [3.8, 4) is 0 Å². The monoisotopic (exact) mass is 645 g/mol. The van der Waals surface area contributed by atoms with Gasteiger partial charge in [-0.15, -0.1) is 0 Å². The molecule has 0 heterocycles. The Morgan fingerprint density at radius 2 is 0.791 bits per heavy atom. The first-order chi connectivity index (χ1) is 18.4. The summed E-state index contributed by atoms with van der Waals surface area (Å²) in [5, 5.41) is 75.9. The van der Waals surface area contributed by atoms with Gasteiger partial charge in [-0.2, -0.15) is 0 Å². The summed E-state index contributed by atoms with van der Waals surface area (Å²) in [7, 11) is 0. The van der Waals surface area contributed by atoms with Crippen LogP contribution in [0.1, 0.15) is 51.4 Å². The van der Waals surface area contributed by atoms with Gasteiger partial charge in [0.1, 0.15) is 0 Å². The molecule has 0 aliphatic heterocycles. The summed E-state index contributed by atoms with van der Waals surface area (Å²) >= 11 is 0. The first-order valence-electron chi connectivity index (χ1n) is 11.3. The van der Waals surface area contributed by atoms with Crippen molar-refractivity contribution in [2.24, 2.45) is 0 Å². The van der Waals surface area contributed by atoms with E-state index in [0.29, 0.717) is 0 Å².